The van der Waals surface area contributed by atoms with Gasteiger partial charge < -0.3 is 10.2 Å². The summed E-state index contributed by atoms with van der Waals surface area (Å²) in [5.74, 6) is -0.209. The number of carbonyl (C=O) groups is 2. The molecule has 2 aromatic carbocycles. The second kappa shape index (κ2) is 8.65. The fourth-order valence-electron chi connectivity index (χ4n) is 2.95. The number of nitrogens with one attached hydrogen (secondary N) is 1. The van der Waals surface area contributed by atoms with Crippen LogP contribution in [0.5, 0.6) is 0 Å². The van der Waals surface area contributed by atoms with Crippen molar-refractivity contribution >= 4 is 11.8 Å². The Morgan fingerprint density at radius 3 is 2.31 bits per heavy atom. The molecule has 0 aromatic heterocycles. The van der Waals surface area contributed by atoms with Crippen LogP contribution >= 0.6 is 0 Å². The van der Waals surface area contributed by atoms with E-state index in [9.17, 15) is 9.59 Å². The Morgan fingerprint density at radius 1 is 1.00 bits per heavy atom. The smallest absolute Gasteiger partial charge is 0.242 e. The highest BCUT2D eigenvalue weighted by Gasteiger charge is 2.25. The molecule has 0 spiro atoms. The molecule has 2 amide bonds. The molecule has 4 nitrogen and oxygen atoms in total. The van der Waals surface area contributed by atoms with Crippen LogP contribution in [0.15, 0.2) is 42.5 Å². The van der Waals surface area contributed by atoms with Gasteiger partial charge in [-0.05, 0) is 55.5 Å². The minimum atomic E-state index is -0.529. The number of carbonyl (C=O) groups excluding carboxylic acids is 2. The Bertz CT molecular complexity index is 798. The van der Waals surface area contributed by atoms with E-state index < -0.39 is 6.04 Å². The van der Waals surface area contributed by atoms with Crippen molar-refractivity contribution in [3.8, 4) is 0 Å². The van der Waals surface area contributed by atoms with Gasteiger partial charge in [0.2, 0.25) is 11.8 Å². The van der Waals surface area contributed by atoms with Crippen LogP contribution in [0.2, 0.25) is 0 Å². The van der Waals surface area contributed by atoms with Gasteiger partial charge in [0.1, 0.15) is 6.04 Å². The Balaban J connectivity index is 2.26. The molecule has 0 radical (unpaired) electrons. The molecular weight excluding hydrogens is 324 g/mol. The van der Waals surface area contributed by atoms with E-state index in [0.717, 1.165) is 16.7 Å². The summed E-state index contributed by atoms with van der Waals surface area (Å²) in [6.45, 7) is 8.31. The van der Waals surface area contributed by atoms with E-state index in [-0.39, 0.29) is 18.2 Å². The van der Waals surface area contributed by atoms with Crippen molar-refractivity contribution in [3.63, 3.8) is 0 Å². The molecule has 26 heavy (non-hydrogen) atoms. The molecule has 4 heteroatoms. The summed E-state index contributed by atoms with van der Waals surface area (Å²) < 4.78 is 0. The van der Waals surface area contributed by atoms with Crippen molar-refractivity contribution in [1.82, 2.24) is 10.2 Å². The third-order valence-electron chi connectivity index (χ3n) is 4.94. The largest absolute Gasteiger partial charge is 0.357 e. The minimum Gasteiger partial charge on any atom is -0.357 e. The average Bonchev–Trinajstić information content (AvgIpc) is 2.62. The Morgan fingerprint density at radius 2 is 1.69 bits per heavy atom. The number of nitrogens with zero attached hydrogens (tertiary/aromatic N) is 1. The highest BCUT2D eigenvalue weighted by molar-refractivity contribution is 5.88. The zero-order valence-electron chi connectivity index (χ0n) is 16.3. The highest BCUT2D eigenvalue weighted by atomic mass is 16.2. The predicted octanol–water partition coefficient (Wildman–Crippen LogP) is 3.32. The lowest BCUT2D eigenvalue weighted by Gasteiger charge is -2.29. The molecule has 0 saturated carbocycles. The SMILES string of the molecule is CNC(=O)[C@@H](C)N(Cc1ccccc1C)C(=O)Cc1ccc(C)c(C)c1. The Kier molecular flexibility index (Phi) is 6.56. The summed E-state index contributed by atoms with van der Waals surface area (Å²) in [6.07, 6.45) is 0.286. The fraction of sp³-hybridized carbons (Fsp3) is 0.364. The summed E-state index contributed by atoms with van der Waals surface area (Å²) in [5.41, 5.74) is 5.51. The van der Waals surface area contributed by atoms with Crippen LogP contribution in [-0.2, 0) is 22.6 Å². The second-order valence-electron chi connectivity index (χ2n) is 6.83. The zero-order valence-corrected chi connectivity index (χ0v) is 16.3. The van der Waals surface area contributed by atoms with Gasteiger partial charge in [-0.1, -0.05) is 42.5 Å². The molecule has 0 aliphatic carbocycles. The first-order valence-corrected chi connectivity index (χ1v) is 8.95. The number of likely N-dealkylation sites (N-methyl/N-ethyl adjacent to an activating group) is 1. The van der Waals surface area contributed by atoms with Crippen LogP contribution in [0.3, 0.4) is 0 Å². The molecule has 0 unspecified atom stereocenters. The standard InChI is InChI=1S/C22H28N2O2/c1-15-10-11-19(12-17(15)3)13-21(25)24(18(4)22(26)23-5)14-20-9-7-6-8-16(20)2/h6-12,18H,13-14H2,1-5H3,(H,23,26)/t18-/m1/s1. The number of aryl methyl sites for hydroxylation is 3. The van der Waals surface area contributed by atoms with Gasteiger partial charge in [0, 0.05) is 13.6 Å². The van der Waals surface area contributed by atoms with Crippen molar-refractivity contribution in [1.29, 1.82) is 0 Å². The lowest BCUT2D eigenvalue weighted by Crippen LogP contribution is -2.47. The van der Waals surface area contributed by atoms with E-state index >= 15 is 0 Å². The summed E-state index contributed by atoms with van der Waals surface area (Å²) in [6, 6.07) is 13.5. The third kappa shape index (κ3) is 4.72. The van der Waals surface area contributed by atoms with Crippen LogP contribution in [0.1, 0.15) is 34.7 Å². The Labute approximate surface area is 156 Å². The van der Waals surface area contributed by atoms with Gasteiger partial charge in [-0.2, -0.15) is 0 Å². The zero-order chi connectivity index (χ0) is 19.3. The van der Waals surface area contributed by atoms with E-state index in [1.165, 1.54) is 11.1 Å². The summed E-state index contributed by atoms with van der Waals surface area (Å²) >= 11 is 0. The molecule has 1 N–H and O–H groups in total. The fourth-order valence-corrected chi connectivity index (χ4v) is 2.95. The molecule has 0 aliphatic heterocycles. The number of hydrogen-bond donors (Lipinski definition) is 1. The highest BCUT2D eigenvalue weighted by Crippen LogP contribution is 2.16. The van der Waals surface area contributed by atoms with Crippen molar-refractivity contribution in [2.45, 2.75) is 46.7 Å². The number of hydrogen-bond acceptors (Lipinski definition) is 2. The van der Waals surface area contributed by atoms with Gasteiger partial charge in [-0.3, -0.25) is 9.59 Å². The first-order valence-electron chi connectivity index (χ1n) is 8.95. The third-order valence-corrected chi connectivity index (χ3v) is 4.94. The van der Waals surface area contributed by atoms with Gasteiger partial charge in [0.15, 0.2) is 0 Å². The molecule has 0 bridgehead atoms. The maximum absolute atomic E-state index is 13.0. The lowest BCUT2D eigenvalue weighted by atomic mass is 10.0. The second-order valence-corrected chi connectivity index (χ2v) is 6.83. The van der Waals surface area contributed by atoms with E-state index in [0.29, 0.717) is 6.54 Å². The summed E-state index contributed by atoms with van der Waals surface area (Å²) in [5, 5.41) is 2.65. The van der Waals surface area contributed by atoms with Crippen LogP contribution in [0.4, 0.5) is 0 Å². The molecule has 1 atom stereocenters. The van der Waals surface area contributed by atoms with Gasteiger partial charge in [-0.25, -0.2) is 0 Å². The van der Waals surface area contributed by atoms with E-state index in [1.54, 1.807) is 18.9 Å². The molecule has 2 aromatic rings. The van der Waals surface area contributed by atoms with E-state index in [2.05, 4.69) is 12.2 Å². The van der Waals surface area contributed by atoms with Gasteiger partial charge in [-0.15, -0.1) is 0 Å². The molecule has 0 fully saturated rings. The number of amides is 2. The maximum Gasteiger partial charge on any atom is 0.242 e. The van der Waals surface area contributed by atoms with Crippen molar-refractivity contribution in [2.24, 2.45) is 0 Å². The summed E-state index contributed by atoms with van der Waals surface area (Å²) in [4.78, 5) is 26.9. The normalized spacial score (nSPS) is 11.7. The van der Waals surface area contributed by atoms with Crippen molar-refractivity contribution < 1.29 is 9.59 Å². The van der Waals surface area contributed by atoms with Gasteiger partial charge >= 0.3 is 0 Å². The lowest BCUT2D eigenvalue weighted by molar-refractivity contribution is -0.139. The summed E-state index contributed by atoms with van der Waals surface area (Å²) in [7, 11) is 1.60. The first-order chi connectivity index (χ1) is 12.3. The van der Waals surface area contributed by atoms with E-state index in [4.69, 9.17) is 0 Å². The van der Waals surface area contributed by atoms with Crippen LogP contribution < -0.4 is 5.32 Å². The Hall–Kier alpha value is -2.62. The molecule has 138 valence electrons. The number of rotatable bonds is 6. The van der Waals surface area contributed by atoms with Gasteiger partial charge in [0.25, 0.3) is 0 Å². The van der Waals surface area contributed by atoms with E-state index in [1.807, 2.05) is 56.3 Å². The number of benzene rings is 2. The molecular formula is C22H28N2O2. The first kappa shape index (κ1) is 19.7. The molecule has 0 saturated heterocycles. The monoisotopic (exact) mass is 352 g/mol. The quantitative estimate of drug-likeness (QED) is 0.867. The van der Waals surface area contributed by atoms with Gasteiger partial charge in [0.05, 0.1) is 6.42 Å². The molecule has 0 heterocycles. The maximum atomic E-state index is 13.0. The minimum absolute atomic E-state index is 0.0485. The van der Waals surface area contributed by atoms with Crippen LogP contribution in [-0.4, -0.2) is 29.8 Å². The predicted molar refractivity (Wildman–Crippen MR) is 105 cm³/mol. The van der Waals surface area contributed by atoms with Crippen LogP contribution in [0.25, 0.3) is 0 Å². The van der Waals surface area contributed by atoms with Crippen molar-refractivity contribution in [3.05, 3.63) is 70.3 Å². The topological polar surface area (TPSA) is 49.4 Å². The molecule has 2 rings (SSSR count). The molecule has 0 aliphatic rings. The van der Waals surface area contributed by atoms with Crippen molar-refractivity contribution in [2.75, 3.05) is 7.05 Å². The van der Waals surface area contributed by atoms with Crippen LogP contribution in [0, 0.1) is 20.8 Å². The average molecular weight is 352 g/mol.